The zero-order valence-corrected chi connectivity index (χ0v) is 37.3. The van der Waals surface area contributed by atoms with Crippen LogP contribution in [0.5, 0.6) is 17.2 Å². The number of rotatable bonds is 25. The maximum Gasteiger partial charge on any atom is 0.158 e. The van der Waals surface area contributed by atoms with E-state index in [1.54, 1.807) is 20.8 Å². The highest BCUT2D eigenvalue weighted by Gasteiger charge is 2.19. The molecule has 3 N–H and O–H groups in total. The lowest BCUT2D eigenvalue weighted by Gasteiger charge is -2.21. The van der Waals surface area contributed by atoms with Gasteiger partial charge in [-0.1, -0.05) is 116 Å². The molecule has 0 heterocycles. The first kappa shape index (κ1) is 54.2. The van der Waals surface area contributed by atoms with Crippen LogP contribution in [-0.4, -0.2) is 70.8 Å². The van der Waals surface area contributed by atoms with E-state index in [2.05, 4.69) is 19.7 Å². The molecule has 0 fully saturated rings. The number of Topliss-reactive ketones (excluding diaryl/α,β-unsaturated/α-hetero) is 3. The number of carbonyl (C=O) groups is 3. The summed E-state index contributed by atoms with van der Waals surface area (Å²) in [4.78, 5) is 36.0. The van der Waals surface area contributed by atoms with E-state index < -0.39 is 18.3 Å². The van der Waals surface area contributed by atoms with Crippen LogP contribution >= 0.6 is 0 Å². The maximum absolute atomic E-state index is 12.1. The van der Waals surface area contributed by atoms with Gasteiger partial charge in [0.2, 0.25) is 0 Å². The second-order valence-corrected chi connectivity index (χ2v) is 13.6. The fraction of sp³-hybridized carbons (Fsp3) is 0.460. The molecule has 326 valence electrons. The summed E-state index contributed by atoms with van der Waals surface area (Å²) in [5, 5.41) is 31.8. The van der Waals surface area contributed by atoms with Gasteiger partial charge in [0.25, 0.3) is 0 Å². The van der Waals surface area contributed by atoms with Crippen molar-refractivity contribution in [2.24, 2.45) is 0 Å². The third-order valence-corrected chi connectivity index (χ3v) is 8.71. The van der Waals surface area contributed by atoms with Gasteiger partial charge < -0.3 is 29.5 Å². The van der Waals surface area contributed by atoms with Crippen molar-refractivity contribution in [2.45, 2.75) is 132 Å². The van der Waals surface area contributed by atoms with Gasteiger partial charge in [-0.25, -0.2) is 0 Å². The average molecular weight is 817 g/mol. The first-order valence-corrected chi connectivity index (χ1v) is 21.0. The van der Waals surface area contributed by atoms with Crippen LogP contribution in [-0.2, 0) is 27.2 Å². The Morgan fingerprint density at radius 3 is 1.08 bits per heavy atom. The normalized spacial score (nSPS) is 11.7. The minimum absolute atomic E-state index is 0.00859. The Kier molecular flexibility index (Phi) is 28.6. The van der Waals surface area contributed by atoms with Gasteiger partial charge in [0.05, 0.1) is 18.3 Å². The van der Waals surface area contributed by atoms with Crippen molar-refractivity contribution in [3.8, 4) is 17.2 Å². The second-order valence-electron chi connectivity index (χ2n) is 13.6. The summed E-state index contributed by atoms with van der Waals surface area (Å²) < 4.78 is 18.5. The lowest BCUT2D eigenvalue weighted by molar-refractivity contribution is -0.116. The Labute approximate surface area is 354 Å². The monoisotopic (exact) mass is 817 g/mol. The number of para-hydroxylation sites is 3. The SMILES string of the molecule is C=C(C)C(=O)CCC(O)COc1ccccc1Cc1cccc(Cc2ccccc2OCC(O)CCC(=O)C(=C)C)c1OCC(O)CCC(=O)C(=C)C.CC.CC.CC. The van der Waals surface area contributed by atoms with Crippen LogP contribution in [0.15, 0.2) is 103 Å². The van der Waals surface area contributed by atoms with Crippen molar-refractivity contribution < 1.29 is 43.9 Å². The van der Waals surface area contributed by atoms with Gasteiger partial charge in [-0.3, -0.25) is 14.4 Å². The topological polar surface area (TPSA) is 140 Å². The van der Waals surface area contributed by atoms with Gasteiger partial charge in [0, 0.05) is 32.1 Å². The Morgan fingerprint density at radius 1 is 0.475 bits per heavy atom. The molecule has 0 aliphatic carbocycles. The molecule has 3 atom stereocenters. The van der Waals surface area contributed by atoms with Gasteiger partial charge in [-0.2, -0.15) is 0 Å². The van der Waals surface area contributed by atoms with Gasteiger partial charge in [0.15, 0.2) is 17.3 Å². The molecule has 0 amide bonds. The number of allylic oxidation sites excluding steroid dienone is 3. The minimum atomic E-state index is -0.901. The summed E-state index contributed by atoms with van der Waals surface area (Å²) in [6.45, 7) is 27.9. The Morgan fingerprint density at radius 2 is 0.763 bits per heavy atom. The molecule has 3 aromatic carbocycles. The number of hydrogen-bond acceptors (Lipinski definition) is 9. The quantitative estimate of drug-likeness (QED) is 0.0713. The van der Waals surface area contributed by atoms with Crippen molar-refractivity contribution in [2.75, 3.05) is 19.8 Å². The van der Waals surface area contributed by atoms with Gasteiger partial charge in [-0.05, 0) is 91.1 Å². The predicted octanol–water partition coefficient (Wildman–Crippen LogP) is 9.94. The van der Waals surface area contributed by atoms with E-state index in [4.69, 9.17) is 14.2 Å². The fourth-order valence-corrected chi connectivity index (χ4v) is 5.43. The van der Waals surface area contributed by atoms with Crippen molar-refractivity contribution in [3.05, 3.63) is 125 Å². The molecule has 0 bridgehead atoms. The smallest absolute Gasteiger partial charge is 0.158 e. The first-order valence-electron chi connectivity index (χ1n) is 21.0. The van der Waals surface area contributed by atoms with Crippen LogP contribution in [0.2, 0.25) is 0 Å². The van der Waals surface area contributed by atoms with Crippen LogP contribution in [0.1, 0.15) is 123 Å². The minimum Gasteiger partial charge on any atom is -0.491 e. The standard InChI is InChI=1S/C44H54O9.3C2H6/c1-29(2)39(48)21-18-36(45)26-51-42-16-9-7-12-32(42)24-34-14-11-15-35(44(34)53-28-38(47)20-23-41(50)31(5)6)25-33-13-8-10-17-43(33)52-27-37(46)19-22-40(49)30(3)4;3*1-2/h7-17,36-38,45-47H,1,3,5,18-28H2,2,4,6H3;3*1-2H3. The third kappa shape index (κ3) is 21.1. The maximum atomic E-state index is 12.1. The molecular formula is C50H72O9. The highest BCUT2D eigenvalue weighted by molar-refractivity contribution is 5.94. The van der Waals surface area contributed by atoms with E-state index >= 15 is 0 Å². The van der Waals surface area contributed by atoms with Gasteiger partial charge in [0.1, 0.15) is 37.1 Å². The van der Waals surface area contributed by atoms with E-state index in [-0.39, 0.29) is 75.7 Å². The van der Waals surface area contributed by atoms with E-state index in [9.17, 15) is 29.7 Å². The highest BCUT2D eigenvalue weighted by atomic mass is 16.5. The van der Waals surface area contributed by atoms with Crippen molar-refractivity contribution >= 4 is 17.3 Å². The molecule has 59 heavy (non-hydrogen) atoms. The average Bonchev–Trinajstić information content (AvgIpc) is 3.24. The molecule has 3 rings (SSSR count). The molecule has 3 unspecified atom stereocenters. The van der Waals surface area contributed by atoms with Gasteiger partial charge in [-0.15, -0.1) is 0 Å². The number of aliphatic hydroxyl groups excluding tert-OH is 3. The summed E-state index contributed by atoms with van der Waals surface area (Å²) in [6, 6.07) is 20.8. The molecule has 0 radical (unpaired) electrons. The molecule has 0 aliphatic heterocycles. The second kappa shape index (κ2) is 31.1. The van der Waals surface area contributed by atoms with E-state index in [0.29, 0.717) is 46.8 Å². The summed E-state index contributed by atoms with van der Waals surface area (Å²) >= 11 is 0. The molecule has 0 spiro atoms. The molecule has 0 aromatic heterocycles. The largest absolute Gasteiger partial charge is 0.491 e. The first-order chi connectivity index (χ1) is 28.2. The van der Waals surface area contributed by atoms with Crippen LogP contribution in [0.3, 0.4) is 0 Å². The summed E-state index contributed by atoms with van der Waals surface area (Å²) in [5.41, 5.74) is 4.68. The lowest BCUT2D eigenvalue weighted by Crippen LogP contribution is -2.20. The van der Waals surface area contributed by atoms with Crippen molar-refractivity contribution in [1.29, 1.82) is 0 Å². The number of hydrogen-bond donors (Lipinski definition) is 3. The Bertz CT molecular complexity index is 1640. The fourth-order valence-electron chi connectivity index (χ4n) is 5.43. The van der Waals surface area contributed by atoms with Crippen LogP contribution < -0.4 is 14.2 Å². The molecule has 9 nitrogen and oxygen atoms in total. The molecule has 0 aliphatic rings. The lowest BCUT2D eigenvalue weighted by atomic mass is 9.96. The number of ketones is 3. The number of ether oxygens (including phenoxy) is 3. The highest BCUT2D eigenvalue weighted by Crippen LogP contribution is 2.33. The summed E-state index contributed by atoms with van der Waals surface area (Å²) in [5.74, 6) is 1.42. The van der Waals surface area contributed by atoms with E-state index in [1.165, 1.54) is 0 Å². The van der Waals surface area contributed by atoms with Crippen molar-refractivity contribution in [1.82, 2.24) is 0 Å². The number of carbonyl (C=O) groups excluding carboxylic acids is 3. The summed E-state index contributed by atoms with van der Waals surface area (Å²) in [6.07, 6.45) is -0.505. The zero-order chi connectivity index (χ0) is 44.9. The van der Waals surface area contributed by atoms with Crippen LogP contribution in [0.25, 0.3) is 0 Å². The van der Waals surface area contributed by atoms with E-state index in [0.717, 1.165) is 22.3 Å². The van der Waals surface area contributed by atoms with Crippen LogP contribution in [0.4, 0.5) is 0 Å². The molecule has 0 saturated carbocycles. The Hall–Kier alpha value is -4.83. The molecule has 3 aromatic rings. The summed E-state index contributed by atoms with van der Waals surface area (Å²) in [7, 11) is 0. The Balaban J connectivity index is 0.00000535. The molecule has 9 heteroatoms. The number of aliphatic hydroxyl groups is 3. The predicted molar refractivity (Wildman–Crippen MR) is 241 cm³/mol. The molecule has 0 saturated heterocycles. The zero-order valence-electron chi connectivity index (χ0n) is 37.3. The van der Waals surface area contributed by atoms with E-state index in [1.807, 2.05) is 108 Å². The van der Waals surface area contributed by atoms with Crippen LogP contribution in [0, 0.1) is 0 Å². The van der Waals surface area contributed by atoms with Crippen molar-refractivity contribution in [3.63, 3.8) is 0 Å². The van der Waals surface area contributed by atoms with Gasteiger partial charge >= 0.3 is 0 Å². The third-order valence-electron chi connectivity index (χ3n) is 8.71. The molecular weight excluding hydrogens is 745 g/mol. The number of benzene rings is 3.